The fourth-order valence-corrected chi connectivity index (χ4v) is 2.41. The molecule has 0 spiro atoms. The van der Waals surface area contributed by atoms with Crippen LogP contribution in [0.5, 0.6) is 0 Å². The van der Waals surface area contributed by atoms with E-state index in [1.165, 1.54) is 37.8 Å². The predicted molar refractivity (Wildman–Crippen MR) is 65.8 cm³/mol. The molecule has 1 aromatic rings. The minimum atomic E-state index is -0.183. The molecule has 17 heavy (non-hydrogen) atoms. The molecule has 0 heterocycles. The van der Waals surface area contributed by atoms with Crippen molar-refractivity contribution in [3.8, 4) is 0 Å². The molecule has 1 aliphatic carbocycles. The van der Waals surface area contributed by atoms with Crippen molar-refractivity contribution < 1.29 is 9.23 Å². The molecule has 0 amide bonds. The summed E-state index contributed by atoms with van der Waals surface area (Å²) in [6.45, 7) is 3.45. The molecule has 0 aliphatic heterocycles. The minimum Gasteiger partial charge on any atom is -0.299 e. The summed E-state index contributed by atoms with van der Waals surface area (Å²) in [7, 11) is 0. The van der Waals surface area contributed by atoms with Crippen LogP contribution in [0.4, 0.5) is 4.39 Å². The van der Waals surface area contributed by atoms with Gasteiger partial charge in [0.05, 0.1) is 6.61 Å². The van der Waals surface area contributed by atoms with Gasteiger partial charge in [-0.2, -0.15) is 5.06 Å². The van der Waals surface area contributed by atoms with Gasteiger partial charge in [-0.05, 0) is 37.5 Å². The summed E-state index contributed by atoms with van der Waals surface area (Å²) in [6, 6.07) is 7.20. The van der Waals surface area contributed by atoms with E-state index in [1.54, 1.807) is 0 Å². The lowest BCUT2D eigenvalue weighted by Crippen LogP contribution is -2.32. The van der Waals surface area contributed by atoms with Gasteiger partial charge in [-0.25, -0.2) is 4.39 Å². The monoisotopic (exact) mass is 237 g/mol. The molecule has 2 rings (SSSR count). The third kappa shape index (κ3) is 3.51. The second-order valence-electron chi connectivity index (χ2n) is 4.56. The number of hydroxylamine groups is 2. The lowest BCUT2D eigenvalue weighted by atomic mass is 10.2. The number of rotatable bonds is 5. The summed E-state index contributed by atoms with van der Waals surface area (Å²) in [5.41, 5.74) is 1.10. The summed E-state index contributed by atoms with van der Waals surface area (Å²) >= 11 is 0. The van der Waals surface area contributed by atoms with Crippen molar-refractivity contribution in [2.45, 2.75) is 45.2 Å². The second-order valence-corrected chi connectivity index (χ2v) is 4.56. The Hall–Kier alpha value is -0.930. The Morgan fingerprint density at radius 3 is 2.47 bits per heavy atom. The zero-order valence-corrected chi connectivity index (χ0v) is 10.4. The average molecular weight is 237 g/mol. The molecule has 0 radical (unpaired) electrons. The lowest BCUT2D eigenvalue weighted by Gasteiger charge is -2.27. The van der Waals surface area contributed by atoms with Crippen molar-refractivity contribution in [2.24, 2.45) is 0 Å². The summed E-state index contributed by atoms with van der Waals surface area (Å²) in [4.78, 5) is 5.70. The molecule has 0 aromatic heterocycles. The van der Waals surface area contributed by atoms with E-state index in [0.717, 1.165) is 12.1 Å². The third-order valence-corrected chi connectivity index (χ3v) is 3.28. The molecule has 1 fully saturated rings. The average Bonchev–Trinajstić information content (AvgIpc) is 2.85. The lowest BCUT2D eigenvalue weighted by molar-refractivity contribution is -0.188. The van der Waals surface area contributed by atoms with Crippen molar-refractivity contribution >= 4 is 0 Å². The van der Waals surface area contributed by atoms with E-state index in [9.17, 15) is 4.39 Å². The van der Waals surface area contributed by atoms with Gasteiger partial charge in [0.15, 0.2) is 0 Å². The zero-order chi connectivity index (χ0) is 12.1. The van der Waals surface area contributed by atoms with E-state index in [1.807, 2.05) is 19.1 Å². The van der Waals surface area contributed by atoms with Gasteiger partial charge in [0.1, 0.15) is 5.82 Å². The van der Waals surface area contributed by atoms with Crippen LogP contribution in [-0.2, 0) is 11.4 Å². The molecule has 94 valence electrons. The van der Waals surface area contributed by atoms with Crippen LogP contribution in [0.2, 0.25) is 0 Å². The quantitative estimate of drug-likeness (QED) is 0.726. The van der Waals surface area contributed by atoms with Crippen LogP contribution in [0.1, 0.15) is 38.2 Å². The summed E-state index contributed by atoms with van der Waals surface area (Å²) in [5, 5.41) is 2.07. The summed E-state index contributed by atoms with van der Waals surface area (Å²) < 4.78 is 12.8. The number of benzene rings is 1. The number of hydrogen-bond acceptors (Lipinski definition) is 2. The first-order valence-corrected chi connectivity index (χ1v) is 6.43. The maximum Gasteiger partial charge on any atom is 0.123 e. The zero-order valence-electron chi connectivity index (χ0n) is 10.4. The Labute approximate surface area is 102 Å². The van der Waals surface area contributed by atoms with Gasteiger partial charge >= 0.3 is 0 Å². The highest BCUT2D eigenvalue weighted by Gasteiger charge is 2.23. The topological polar surface area (TPSA) is 12.5 Å². The van der Waals surface area contributed by atoms with Gasteiger partial charge in [0, 0.05) is 12.6 Å². The number of halogens is 1. The van der Waals surface area contributed by atoms with E-state index < -0.39 is 0 Å². The van der Waals surface area contributed by atoms with Gasteiger partial charge in [-0.3, -0.25) is 4.84 Å². The largest absolute Gasteiger partial charge is 0.299 e. The molecule has 1 saturated carbocycles. The first-order valence-electron chi connectivity index (χ1n) is 6.43. The highest BCUT2D eigenvalue weighted by atomic mass is 19.1. The maximum atomic E-state index is 12.8. The minimum absolute atomic E-state index is 0.183. The fraction of sp³-hybridized carbons (Fsp3) is 0.571. The van der Waals surface area contributed by atoms with E-state index in [4.69, 9.17) is 4.84 Å². The highest BCUT2D eigenvalue weighted by molar-refractivity contribution is 5.15. The smallest absolute Gasteiger partial charge is 0.123 e. The highest BCUT2D eigenvalue weighted by Crippen LogP contribution is 2.25. The first-order chi connectivity index (χ1) is 8.29. The number of nitrogens with zero attached hydrogens (tertiary/aromatic N) is 1. The molecule has 3 heteroatoms. The standard InChI is InChI=1S/C14H20FNO/c1-2-17-16(14-5-3-4-6-14)11-12-7-9-13(15)10-8-12/h7-10,14H,2-6,11H2,1H3. The van der Waals surface area contributed by atoms with E-state index in [-0.39, 0.29) is 5.82 Å². The van der Waals surface area contributed by atoms with E-state index >= 15 is 0 Å². The summed E-state index contributed by atoms with van der Waals surface area (Å²) in [5.74, 6) is -0.183. The van der Waals surface area contributed by atoms with Gasteiger partial charge in [0.25, 0.3) is 0 Å². The van der Waals surface area contributed by atoms with Crippen LogP contribution in [0.15, 0.2) is 24.3 Å². The van der Waals surface area contributed by atoms with Crippen LogP contribution < -0.4 is 0 Å². The van der Waals surface area contributed by atoms with Crippen LogP contribution in [0, 0.1) is 5.82 Å². The van der Waals surface area contributed by atoms with Crippen molar-refractivity contribution in [3.63, 3.8) is 0 Å². The molecule has 0 atom stereocenters. The molecule has 1 aromatic carbocycles. The molecule has 0 saturated heterocycles. The Morgan fingerprint density at radius 1 is 1.24 bits per heavy atom. The molecule has 2 nitrogen and oxygen atoms in total. The third-order valence-electron chi connectivity index (χ3n) is 3.28. The van der Waals surface area contributed by atoms with Gasteiger partial charge in [0.2, 0.25) is 0 Å². The SMILES string of the molecule is CCON(Cc1ccc(F)cc1)C1CCCC1. The Morgan fingerprint density at radius 2 is 1.88 bits per heavy atom. The van der Waals surface area contributed by atoms with Crippen molar-refractivity contribution in [2.75, 3.05) is 6.61 Å². The van der Waals surface area contributed by atoms with Gasteiger partial charge in [-0.1, -0.05) is 25.0 Å². The van der Waals surface area contributed by atoms with Crippen LogP contribution >= 0.6 is 0 Å². The molecular formula is C14H20FNO. The van der Waals surface area contributed by atoms with Crippen molar-refractivity contribution in [1.82, 2.24) is 5.06 Å². The molecule has 0 unspecified atom stereocenters. The van der Waals surface area contributed by atoms with Crippen molar-refractivity contribution in [1.29, 1.82) is 0 Å². The normalized spacial score (nSPS) is 16.9. The number of hydrogen-bond donors (Lipinski definition) is 0. The molecule has 0 N–H and O–H groups in total. The van der Waals surface area contributed by atoms with Crippen LogP contribution in [-0.4, -0.2) is 17.7 Å². The predicted octanol–water partition coefficient (Wildman–Crippen LogP) is 3.52. The molecule has 1 aliphatic rings. The van der Waals surface area contributed by atoms with Gasteiger partial charge in [-0.15, -0.1) is 0 Å². The Bertz CT molecular complexity index is 333. The van der Waals surface area contributed by atoms with E-state index in [2.05, 4.69) is 5.06 Å². The molecular weight excluding hydrogens is 217 g/mol. The first kappa shape index (κ1) is 12.5. The Kier molecular flexibility index (Phi) is 4.51. The van der Waals surface area contributed by atoms with E-state index in [0.29, 0.717) is 12.6 Å². The Balaban J connectivity index is 1.98. The summed E-state index contributed by atoms with van der Waals surface area (Å²) in [6.07, 6.45) is 5.00. The van der Waals surface area contributed by atoms with Crippen molar-refractivity contribution in [3.05, 3.63) is 35.6 Å². The fourth-order valence-electron chi connectivity index (χ4n) is 2.41. The maximum absolute atomic E-state index is 12.8. The van der Waals surface area contributed by atoms with Crippen LogP contribution in [0.3, 0.4) is 0 Å². The molecule has 0 bridgehead atoms. The van der Waals surface area contributed by atoms with Gasteiger partial charge < -0.3 is 0 Å². The second kappa shape index (κ2) is 6.12. The van der Waals surface area contributed by atoms with Crippen LogP contribution in [0.25, 0.3) is 0 Å².